The van der Waals surface area contributed by atoms with E-state index < -0.39 is 0 Å². The van der Waals surface area contributed by atoms with Crippen molar-refractivity contribution in [3.05, 3.63) is 76.3 Å². The molecule has 3 aromatic carbocycles. The van der Waals surface area contributed by atoms with Gasteiger partial charge in [-0.25, -0.2) is 0 Å². The Balaban J connectivity index is 1.48. The summed E-state index contributed by atoms with van der Waals surface area (Å²) < 4.78 is 0. The molecule has 0 spiro atoms. The summed E-state index contributed by atoms with van der Waals surface area (Å²) in [6, 6.07) is 19.5. The van der Waals surface area contributed by atoms with E-state index in [9.17, 15) is 4.79 Å². The Hall–Kier alpha value is -2.03. The third-order valence-electron chi connectivity index (χ3n) is 4.46. The van der Waals surface area contributed by atoms with E-state index in [2.05, 4.69) is 11.4 Å². The molecule has 0 aromatic heterocycles. The van der Waals surface area contributed by atoms with Gasteiger partial charge in [0.25, 0.3) is 0 Å². The summed E-state index contributed by atoms with van der Waals surface area (Å²) in [5, 5.41) is 6.51. The van der Waals surface area contributed by atoms with E-state index in [0.29, 0.717) is 10.0 Å². The molecule has 0 aliphatic heterocycles. The Labute approximate surface area is 150 Å². The van der Waals surface area contributed by atoms with Gasteiger partial charge in [0.1, 0.15) is 0 Å². The predicted octanol–water partition coefficient (Wildman–Crippen LogP) is 5.89. The van der Waals surface area contributed by atoms with Gasteiger partial charge in [0.2, 0.25) is 5.91 Å². The van der Waals surface area contributed by atoms with Crippen LogP contribution in [0.15, 0.2) is 60.7 Å². The standard InChI is InChI=1S/C20H15Cl2NO/c21-15-7-14(8-16(22)10-15)18-11-19(18)20(24)23-17-6-5-12-3-1-2-4-13(12)9-17/h1-10,18-19H,11H2,(H,23,24). The lowest BCUT2D eigenvalue weighted by Crippen LogP contribution is -2.14. The zero-order chi connectivity index (χ0) is 16.7. The van der Waals surface area contributed by atoms with Crippen LogP contribution in [0.4, 0.5) is 5.69 Å². The first kappa shape index (κ1) is 15.5. The molecule has 0 bridgehead atoms. The van der Waals surface area contributed by atoms with Crippen LogP contribution in [0, 0.1) is 5.92 Å². The fourth-order valence-corrected chi connectivity index (χ4v) is 3.69. The molecule has 1 aliphatic carbocycles. The molecule has 1 aliphatic rings. The average molecular weight is 356 g/mol. The zero-order valence-corrected chi connectivity index (χ0v) is 14.3. The number of nitrogens with one attached hydrogen (secondary N) is 1. The van der Waals surface area contributed by atoms with E-state index in [1.807, 2.05) is 48.5 Å². The molecule has 3 aromatic rings. The van der Waals surface area contributed by atoms with E-state index in [0.717, 1.165) is 28.4 Å². The van der Waals surface area contributed by atoms with Crippen LogP contribution in [0.25, 0.3) is 10.8 Å². The topological polar surface area (TPSA) is 29.1 Å². The number of rotatable bonds is 3. The third kappa shape index (κ3) is 3.12. The highest BCUT2D eigenvalue weighted by Gasteiger charge is 2.44. The van der Waals surface area contributed by atoms with Gasteiger partial charge in [-0.1, -0.05) is 53.5 Å². The van der Waals surface area contributed by atoms with Crippen molar-refractivity contribution < 1.29 is 4.79 Å². The Morgan fingerprint density at radius 2 is 1.62 bits per heavy atom. The van der Waals surface area contributed by atoms with E-state index in [1.165, 1.54) is 0 Å². The molecule has 0 radical (unpaired) electrons. The molecule has 0 heterocycles. The normalized spacial score (nSPS) is 19.2. The van der Waals surface area contributed by atoms with E-state index >= 15 is 0 Å². The van der Waals surface area contributed by atoms with Gasteiger partial charge in [0.05, 0.1) is 0 Å². The lowest BCUT2D eigenvalue weighted by Gasteiger charge is -2.07. The van der Waals surface area contributed by atoms with Crippen LogP contribution < -0.4 is 5.32 Å². The van der Waals surface area contributed by atoms with Crippen LogP contribution >= 0.6 is 23.2 Å². The number of carbonyl (C=O) groups is 1. The molecule has 1 N–H and O–H groups in total. The van der Waals surface area contributed by atoms with Crippen LogP contribution in [-0.2, 0) is 4.79 Å². The highest BCUT2D eigenvalue weighted by atomic mass is 35.5. The van der Waals surface area contributed by atoms with Crippen LogP contribution in [0.5, 0.6) is 0 Å². The molecule has 2 nitrogen and oxygen atoms in total. The molecule has 0 saturated heterocycles. The first-order chi connectivity index (χ1) is 11.6. The molecule has 120 valence electrons. The lowest BCUT2D eigenvalue weighted by molar-refractivity contribution is -0.117. The number of hydrogen-bond donors (Lipinski definition) is 1. The quantitative estimate of drug-likeness (QED) is 0.623. The van der Waals surface area contributed by atoms with Crippen molar-refractivity contribution >= 4 is 45.6 Å². The average Bonchev–Trinajstić information content (AvgIpc) is 3.34. The second-order valence-corrected chi connectivity index (χ2v) is 7.08. The fourth-order valence-electron chi connectivity index (χ4n) is 3.14. The molecule has 4 rings (SSSR count). The number of anilines is 1. The minimum Gasteiger partial charge on any atom is -0.326 e. The highest BCUT2D eigenvalue weighted by molar-refractivity contribution is 6.34. The molecule has 1 fully saturated rings. The molecule has 24 heavy (non-hydrogen) atoms. The fraction of sp³-hybridized carbons (Fsp3) is 0.150. The van der Waals surface area contributed by atoms with Gasteiger partial charge in [-0.05, 0) is 59.0 Å². The highest BCUT2D eigenvalue weighted by Crippen LogP contribution is 2.49. The molecule has 4 heteroatoms. The van der Waals surface area contributed by atoms with Crippen molar-refractivity contribution in [2.24, 2.45) is 5.92 Å². The smallest absolute Gasteiger partial charge is 0.228 e. The van der Waals surface area contributed by atoms with Crippen molar-refractivity contribution in [2.45, 2.75) is 12.3 Å². The van der Waals surface area contributed by atoms with Gasteiger partial charge in [-0.3, -0.25) is 4.79 Å². The van der Waals surface area contributed by atoms with Gasteiger partial charge in [-0.15, -0.1) is 0 Å². The first-order valence-corrected chi connectivity index (χ1v) is 8.61. The Morgan fingerprint density at radius 1 is 0.917 bits per heavy atom. The summed E-state index contributed by atoms with van der Waals surface area (Å²) in [6.07, 6.45) is 0.829. The number of hydrogen-bond acceptors (Lipinski definition) is 1. The minimum absolute atomic E-state index is 0.0222. The minimum atomic E-state index is -0.0222. The third-order valence-corrected chi connectivity index (χ3v) is 4.89. The number of fused-ring (bicyclic) bond motifs is 1. The number of benzene rings is 3. The second-order valence-electron chi connectivity index (χ2n) is 6.20. The van der Waals surface area contributed by atoms with E-state index in [1.54, 1.807) is 6.07 Å². The maximum absolute atomic E-state index is 12.5. The van der Waals surface area contributed by atoms with Crippen LogP contribution in [0.1, 0.15) is 17.9 Å². The monoisotopic (exact) mass is 355 g/mol. The summed E-state index contributed by atoms with van der Waals surface area (Å²) in [6.45, 7) is 0. The van der Waals surface area contributed by atoms with Crippen molar-refractivity contribution in [2.75, 3.05) is 5.32 Å². The molecule has 2 unspecified atom stereocenters. The van der Waals surface area contributed by atoms with Crippen LogP contribution in [-0.4, -0.2) is 5.91 Å². The number of halogens is 2. The molecule has 2 atom stereocenters. The van der Waals surface area contributed by atoms with Gasteiger partial charge in [-0.2, -0.15) is 0 Å². The molecule has 1 amide bonds. The van der Waals surface area contributed by atoms with Gasteiger partial charge < -0.3 is 5.32 Å². The van der Waals surface area contributed by atoms with Gasteiger partial charge >= 0.3 is 0 Å². The second kappa shape index (κ2) is 6.12. The summed E-state index contributed by atoms with van der Waals surface area (Å²) in [5.74, 6) is 0.221. The van der Waals surface area contributed by atoms with Gasteiger partial charge in [0.15, 0.2) is 0 Å². The summed E-state index contributed by atoms with van der Waals surface area (Å²) in [5.41, 5.74) is 1.86. The van der Waals surface area contributed by atoms with Crippen LogP contribution in [0.3, 0.4) is 0 Å². The Bertz CT molecular complexity index is 918. The molecular weight excluding hydrogens is 341 g/mol. The van der Waals surface area contributed by atoms with Crippen molar-refractivity contribution in [3.63, 3.8) is 0 Å². The predicted molar refractivity (Wildman–Crippen MR) is 99.9 cm³/mol. The maximum Gasteiger partial charge on any atom is 0.228 e. The molecule has 1 saturated carbocycles. The van der Waals surface area contributed by atoms with Crippen molar-refractivity contribution in [1.29, 1.82) is 0 Å². The summed E-state index contributed by atoms with van der Waals surface area (Å²) >= 11 is 12.1. The largest absolute Gasteiger partial charge is 0.326 e. The summed E-state index contributed by atoms with van der Waals surface area (Å²) in [4.78, 5) is 12.5. The maximum atomic E-state index is 12.5. The zero-order valence-electron chi connectivity index (χ0n) is 12.8. The van der Waals surface area contributed by atoms with E-state index in [4.69, 9.17) is 23.2 Å². The number of amides is 1. The summed E-state index contributed by atoms with van der Waals surface area (Å²) in [7, 11) is 0. The van der Waals surface area contributed by atoms with Gasteiger partial charge in [0, 0.05) is 21.7 Å². The Kier molecular flexibility index (Phi) is 3.95. The first-order valence-electron chi connectivity index (χ1n) is 7.86. The Morgan fingerprint density at radius 3 is 2.38 bits per heavy atom. The van der Waals surface area contributed by atoms with E-state index in [-0.39, 0.29) is 17.7 Å². The SMILES string of the molecule is O=C(Nc1ccc2ccccc2c1)C1CC1c1cc(Cl)cc(Cl)c1. The van der Waals surface area contributed by atoms with Crippen molar-refractivity contribution in [3.8, 4) is 0 Å². The van der Waals surface area contributed by atoms with Crippen molar-refractivity contribution in [1.82, 2.24) is 0 Å². The lowest BCUT2D eigenvalue weighted by atomic mass is 10.1. The van der Waals surface area contributed by atoms with Crippen LogP contribution in [0.2, 0.25) is 10.0 Å². The molecular formula is C20H15Cl2NO. The number of carbonyl (C=O) groups excluding carboxylic acids is 1.